The Hall–Kier alpha value is -6.72. The molecule has 0 saturated carbocycles. The molecule has 0 aliphatic rings. The van der Waals surface area contributed by atoms with Gasteiger partial charge >= 0.3 is 0 Å². The molecule has 56 heavy (non-hydrogen) atoms. The molecule has 0 amide bonds. The molecule has 0 saturated heterocycles. The van der Waals surface area contributed by atoms with E-state index in [-0.39, 0.29) is 0 Å². The highest BCUT2D eigenvalue weighted by molar-refractivity contribution is 7.26. The number of benzene rings is 9. The van der Waals surface area contributed by atoms with Gasteiger partial charge in [0.2, 0.25) is 0 Å². The molecule has 0 aliphatic carbocycles. The van der Waals surface area contributed by atoms with Crippen LogP contribution in [0.3, 0.4) is 0 Å². The summed E-state index contributed by atoms with van der Waals surface area (Å²) in [5.74, 6) is 0. The quantitative estimate of drug-likeness (QED) is 0.174. The lowest BCUT2D eigenvalue weighted by Crippen LogP contribution is -2.11. The van der Waals surface area contributed by atoms with Crippen LogP contribution < -0.4 is 4.90 Å². The number of hydrogen-bond acceptors (Lipinski definition) is 4. The van der Waals surface area contributed by atoms with Gasteiger partial charge in [-0.2, -0.15) is 0 Å². The predicted molar refractivity (Wildman–Crippen MR) is 243 cm³/mol. The van der Waals surface area contributed by atoms with Crippen molar-refractivity contribution in [1.29, 1.82) is 0 Å². The summed E-state index contributed by atoms with van der Waals surface area (Å²) in [5, 5.41) is 9.76. The zero-order valence-corrected chi connectivity index (χ0v) is 31.7. The highest BCUT2D eigenvalue weighted by atomic mass is 32.1. The molecule has 9 aromatic carbocycles. The summed E-state index contributed by atoms with van der Waals surface area (Å²) in [6.45, 7) is 0. The smallest absolute Gasteiger partial charge is 0.143 e. The SMILES string of the molecule is c1ccc(-c2ccccc2N(c2ccc3c(c2)oc2c4ccccc4ccc32)c2ccc3sc4cccc(-c5ccc6c(c5)sc5ccccc56)c4c3c2)cc1. The van der Waals surface area contributed by atoms with Crippen LogP contribution in [0.15, 0.2) is 192 Å². The second-order valence-electron chi connectivity index (χ2n) is 14.4. The van der Waals surface area contributed by atoms with Gasteiger partial charge in [0.15, 0.2) is 0 Å². The number of furan rings is 1. The molecule has 0 unspecified atom stereocenters. The van der Waals surface area contributed by atoms with E-state index >= 15 is 0 Å². The number of hydrogen-bond donors (Lipinski definition) is 0. The Morgan fingerprint density at radius 3 is 2.00 bits per heavy atom. The predicted octanol–water partition coefficient (Wildman–Crippen LogP) is 16.3. The van der Waals surface area contributed by atoms with Gasteiger partial charge in [0.25, 0.3) is 0 Å². The first kappa shape index (κ1) is 31.6. The van der Waals surface area contributed by atoms with Crippen molar-refractivity contribution in [2.45, 2.75) is 0 Å². The summed E-state index contributed by atoms with van der Waals surface area (Å²) in [6, 6.07) is 68.4. The fraction of sp³-hybridized carbons (Fsp3) is 0. The first-order chi connectivity index (χ1) is 27.7. The van der Waals surface area contributed by atoms with E-state index in [1.165, 1.54) is 62.4 Å². The summed E-state index contributed by atoms with van der Waals surface area (Å²) in [7, 11) is 0. The van der Waals surface area contributed by atoms with Crippen molar-refractivity contribution in [3.8, 4) is 22.3 Å². The van der Waals surface area contributed by atoms with Crippen molar-refractivity contribution in [3.63, 3.8) is 0 Å². The van der Waals surface area contributed by atoms with Gasteiger partial charge < -0.3 is 9.32 Å². The van der Waals surface area contributed by atoms with Gasteiger partial charge in [-0.25, -0.2) is 0 Å². The average molecular weight is 750 g/mol. The Morgan fingerprint density at radius 1 is 0.375 bits per heavy atom. The van der Waals surface area contributed by atoms with Gasteiger partial charge in [0.05, 0.1) is 5.69 Å². The van der Waals surface area contributed by atoms with Crippen molar-refractivity contribution >= 4 is 113 Å². The Balaban J connectivity index is 1.08. The van der Waals surface area contributed by atoms with Gasteiger partial charge in [0, 0.05) is 79.5 Å². The van der Waals surface area contributed by atoms with E-state index in [2.05, 4.69) is 193 Å². The maximum absolute atomic E-state index is 6.75. The molecular formula is C52H31NOS2. The Kier molecular flexibility index (Phi) is 7.00. The minimum atomic E-state index is 0.872. The first-order valence-corrected chi connectivity index (χ1v) is 20.5. The van der Waals surface area contributed by atoms with Crippen molar-refractivity contribution in [1.82, 2.24) is 0 Å². The van der Waals surface area contributed by atoms with E-state index in [9.17, 15) is 0 Å². The van der Waals surface area contributed by atoms with Crippen LogP contribution in [-0.2, 0) is 0 Å². The minimum Gasteiger partial charge on any atom is -0.455 e. The van der Waals surface area contributed by atoms with E-state index in [4.69, 9.17) is 4.42 Å². The topological polar surface area (TPSA) is 16.4 Å². The maximum atomic E-state index is 6.75. The number of anilines is 3. The molecule has 262 valence electrons. The summed E-state index contributed by atoms with van der Waals surface area (Å²) >= 11 is 3.74. The largest absolute Gasteiger partial charge is 0.455 e. The molecule has 3 aromatic heterocycles. The van der Waals surface area contributed by atoms with Crippen LogP contribution >= 0.6 is 22.7 Å². The van der Waals surface area contributed by atoms with Crippen molar-refractivity contribution in [2.24, 2.45) is 0 Å². The molecule has 2 nitrogen and oxygen atoms in total. The number of rotatable bonds is 5. The molecule has 12 aromatic rings. The Bertz CT molecular complexity index is 3500. The van der Waals surface area contributed by atoms with Crippen LogP contribution in [0.2, 0.25) is 0 Å². The normalized spacial score (nSPS) is 11.9. The Morgan fingerprint density at radius 2 is 1.05 bits per heavy atom. The van der Waals surface area contributed by atoms with Crippen molar-refractivity contribution in [2.75, 3.05) is 4.90 Å². The third kappa shape index (κ3) is 4.86. The molecule has 0 aliphatic heterocycles. The molecule has 0 bridgehead atoms. The van der Waals surface area contributed by atoms with E-state index < -0.39 is 0 Å². The van der Waals surface area contributed by atoms with E-state index in [1.54, 1.807) is 0 Å². The molecule has 4 heteroatoms. The van der Waals surface area contributed by atoms with E-state index in [0.717, 1.165) is 50.0 Å². The van der Waals surface area contributed by atoms with Gasteiger partial charge in [-0.1, -0.05) is 121 Å². The fourth-order valence-electron chi connectivity index (χ4n) is 8.68. The lowest BCUT2D eigenvalue weighted by Gasteiger charge is -2.28. The molecule has 3 heterocycles. The zero-order chi connectivity index (χ0) is 36.7. The molecule has 0 N–H and O–H groups in total. The monoisotopic (exact) mass is 749 g/mol. The summed E-state index contributed by atoms with van der Waals surface area (Å²) < 4.78 is 12.0. The molecule has 12 rings (SSSR count). The van der Waals surface area contributed by atoms with Gasteiger partial charge in [0.1, 0.15) is 11.2 Å². The molecule has 0 spiro atoms. The third-order valence-electron chi connectivity index (χ3n) is 11.3. The minimum absolute atomic E-state index is 0.872. The van der Waals surface area contributed by atoms with E-state index in [1.807, 2.05) is 22.7 Å². The third-order valence-corrected chi connectivity index (χ3v) is 13.5. The fourth-order valence-corrected chi connectivity index (χ4v) is 10.9. The maximum Gasteiger partial charge on any atom is 0.143 e. The second-order valence-corrected chi connectivity index (χ2v) is 16.6. The van der Waals surface area contributed by atoms with Crippen molar-refractivity contribution in [3.05, 3.63) is 188 Å². The number of thiophene rings is 2. The van der Waals surface area contributed by atoms with Crippen molar-refractivity contribution < 1.29 is 4.42 Å². The Labute approximate surface area is 330 Å². The highest BCUT2D eigenvalue weighted by Crippen LogP contribution is 2.47. The lowest BCUT2D eigenvalue weighted by molar-refractivity contribution is 0.672. The van der Waals surface area contributed by atoms with Crippen LogP contribution in [0.25, 0.3) is 95.3 Å². The standard InChI is InChI=1S/C52H31NOS2/c1-2-11-32(12-3-1)37-14-6-8-18-45(37)53(36-23-27-40-43-26-21-33-13-4-5-15-39(33)52(43)54-46(40)31-36)35-24-28-48-44(30-35)51-38(17-10-20-49(51)55-48)34-22-25-42-41-16-7-9-19-47(41)56-50(42)29-34/h1-31H. The summed E-state index contributed by atoms with van der Waals surface area (Å²) in [5.41, 5.74) is 9.88. The molecule has 0 atom stereocenters. The van der Waals surface area contributed by atoms with Gasteiger partial charge in [-0.15, -0.1) is 22.7 Å². The molecule has 0 fully saturated rings. The number of fused-ring (bicyclic) bond motifs is 11. The molecule has 0 radical (unpaired) electrons. The average Bonchev–Trinajstić information content (AvgIpc) is 3.95. The van der Waals surface area contributed by atoms with Crippen LogP contribution in [0.1, 0.15) is 0 Å². The van der Waals surface area contributed by atoms with Crippen LogP contribution in [0, 0.1) is 0 Å². The number of nitrogens with zero attached hydrogens (tertiary/aromatic N) is 1. The summed E-state index contributed by atoms with van der Waals surface area (Å²) in [4.78, 5) is 2.40. The van der Waals surface area contributed by atoms with E-state index in [0.29, 0.717) is 0 Å². The first-order valence-electron chi connectivity index (χ1n) is 18.9. The zero-order valence-electron chi connectivity index (χ0n) is 30.1. The van der Waals surface area contributed by atoms with Gasteiger partial charge in [-0.05, 0) is 82.7 Å². The van der Waals surface area contributed by atoms with Crippen LogP contribution in [0.4, 0.5) is 17.1 Å². The van der Waals surface area contributed by atoms with Crippen LogP contribution in [-0.4, -0.2) is 0 Å². The molecular weight excluding hydrogens is 719 g/mol. The highest BCUT2D eigenvalue weighted by Gasteiger charge is 2.21. The number of para-hydroxylation sites is 1. The second kappa shape index (κ2) is 12.4. The van der Waals surface area contributed by atoms with Gasteiger partial charge in [-0.3, -0.25) is 0 Å². The van der Waals surface area contributed by atoms with Crippen LogP contribution in [0.5, 0.6) is 0 Å². The lowest BCUT2D eigenvalue weighted by atomic mass is 9.98. The summed E-state index contributed by atoms with van der Waals surface area (Å²) in [6.07, 6.45) is 0.